The van der Waals surface area contributed by atoms with E-state index < -0.39 is 0 Å². The van der Waals surface area contributed by atoms with Crippen molar-refractivity contribution in [1.29, 1.82) is 0 Å². The maximum Gasteiger partial charge on any atom is 0.323 e. The van der Waals surface area contributed by atoms with Crippen molar-refractivity contribution in [3.8, 4) is 12.0 Å². The van der Waals surface area contributed by atoms with E-state index >= 15 is 0 Å². The summed E-state index contributed by atoms with van der Waals surface area (Å²) in [6, 6.07) is 0.294. The lowest BCUT2D eigenvalue weighted by Gasteiger charge is -2.03. The lowest BCUT2D eigenvalue weighted by atomic mass is 10.5. The molecule has 0 unspecified atom stereocenters. The first kappa shape index (κ1) is 10.7. The van der Waals surface area contributed by atoms with Gasteiger partial charge in [0.2, 0.25) is 5.28 Å². The van der Waals surface area contributed by atoms with Gasteiger partial charge in [0.15, 0.2) is 0 Å². The molecule has 5 nitrogen and oxygen atoms in total. The standard InChI is InChI=1S/C8H10ClN3O2/c1-3-4-5-14-8-11-6(9)10-7(12-8)13-2/h3H,1,4-5H2,2H3. The van der Waals surface area contributed by atoms with Crippen LogP contribution in [0.3, 0.4) is 0 Å². The number of methoxy groups -OCH3 is 1. The highest BCUT2D eigenvalue weighted by Gasteiger charge is 2.05. The van der Waals surface area contributed by atoms with Gasteiger partial charge in [0.05, 0.1) is 13.7 Å². The molecule has 0 radical (unpaired) electrons. The van der Waals surface area contributed by atoms with Gasteiger partial charge in [-0.05, 0) is 18.0 Å². The third kappa shape index (κ3) is 3.18. The van der Waals surface area contributed by atoms with Gasteiger partial charge in [-0.15, -0.1) is 11.6 Å². The molecule has 6 heteroatoms. The van der Waals surface area contributed by atoms with Gasteiger partial charge in [-0.25, -0.2) is 0 Å². The summed E-state index contributed by atoms with van der Waals surface area (Å²) in [4.78, 5) is 11.3. The van der Waals surface area contributed by atoms with E-state index in [1.807, 2.05) is 0 Å². The zero-order valence-corrected chi connectivity index (χ0v) is 8.49. The van der Waals surface area contributed by atoms with E-state index in [0.717, 1.165) is 0 Å². The molecular weight excluding hydrogens is 206 g/mol. The first-order chi connectivity index (χ1) is 6.76. The Kier molecular flexibility index (Phi) is 4.12. The zero-order chi connectivity index (χ0) is 10.4. The Labute approximate surface area is 86.8 Å². The average Bonchev–Trinajstić information content (AvgIpc) is 2.17. The van der Waals surface area contributed by atoms with E-state index in [-0.39, 0.29) is 17.3 Å². The minimum Gasteiger partial charge on any atom is -0.467 e. The number of hydrogen-bond donors (Lipinski definition) is 0. The highest BCUT2D eigenvalue weighted by atomic mass is 35.5. The van der Waals surface area contributed by atoms with Crippen molar-refractivity contribution in [1.82, 2.24) is 15.0 Å². The Morgan fingerprint density at radius 2 is 2.07 bits per heavy atom. The fourth-order valence-electron chi connectivity index (χ4n) is 0.704. The van der Waals surface area contributed by atoms with Crippen LogP contribution in [0.1, 0.15) is 6.42 Å². The quantitative estimate of drug-likeness (QED) is 0.550. The van der Waals surface area contributed by atoms with Crippen molar-refractivity contribution >= 4 is 11.6 Å². The summed E-state index contributed by atoms with van der Waals surface area (Å²) in [6.45, 7) is 4.01. The lowest BCUT2D eigenvalue weighted by molar-refractivity contribution is 0.286. The second kappa shape index (κ2) is 5.39. The summed E-state index contributed by atoms with van der Waals surface area (Å²) in [5.41, 5.74) is 0. The van der Waals surface area contributed by atoms with Crippen molar-refractivity contribution in [2.75, 3.05) is 13.7 Å². The fraction of sp³-hybridized carbons (Fsp3) is 0.375. The topological polar surface area (TPSA) is 57.1 Å². The highest BCUT2D eigenvalue weighted by Crippen LogP contribution is 2.12. The molecule has 76 valence electrons. The van der Waals surface area contributed by atoms with Crippen molar-refractivity contribution in [3.63, 3.8) is 0 Å². The molecule has 1 rings (SSSR count). The summed E-state index contributed by atoms with van der Waals surface area (Å²) >= 11 is 5.60. The molecule has 0 atom stereocenters. The van der Waals surface area contributed by atoms with Crippen LogP contribution in [0.5, 0.6) is 12.0 Å². The van der Waals surface area contributed by atoms with E-state index in [1.54, 1.807) is 6.08 Å². The fourth-order valence-corrected chi connectivity index (χ4v) is 0.849. The monoisotopic (exact) mass is 215 g/mol. The normalized spacial score (nSPS) is 9.57. The number of aromatic nitrogens is 3. The molecule has 1 aromatic rings. The Morgan fingerprint density at radius 1 is 1.36 bits per heavy atom. The van der Waals surface area contributed by atoms with Gasteiger partial charge in [0, 0.05) is 0 Å². The van der Waals surface area contributed by atoms with Crippen molar-refractivity contribution in [3.05, 3.63) is 17.9 Å². The van der Waals surface area contributed by atoms with Crippen LogP contribution in [0.25, 0.3) is 0 Å². The minimum absolute atomic E-state index is 0.0467. The Morgan fingerprint density at radius 3 is 2.71 bits per heavy atom. The molecular formula is C8H10ClN3O2. The molecule has 0 N–H and O–H groups in total. The SMILES string of the molecule is C=CCCOc1nc(Cl)nc(OC)n1. The van der Waals surface area contributed by atoms with Crippen LogP contribution in [0.2, 0.25) is 5.28 Å². The van der Waals surface area contributed by atoms with Crippen LogP contribution in [-0.2, 0) is 0 Å². The van der Waals surface area contributed by atoms with Gasteiger partial charge in [-0.3, -0.25) is 0 Å². The summed E-state index contributed by atoms with van der Waals surface area (Å²) in [5, 5.41) is 0.0467. The predicted octanol–water partition coefficient (Wildman–Crippen LogP) is 1.49. The molecule has 0 aliphatic carbocycles. The van der Waals surface area contributed by atoms with E-state index in [4.69, 9.17) is 21.1 Å². The largest absolute Gasteiger partial charge is 0.467 e. The molecule has 0 amide bonds. The molecule has 0 fully saturated rings. The second-order valence-corrected chi connectivity index (χ2v) is 2.64. The van der Waals surface area contributed by atoms with Gasteiger partial charge in [-0.1, -0.05) is 6.08 Å². The molecule has 0 saturated heterocycles. The highest BCUT2D eigenvalue weighted by molar-refractivity contribution is 6.28. The third-order valence-corrected chi connectivity index (χ3v) is 1.47. The lowest BCUT2D eigenvalue weighted by Crippen LogP contribution is -2.03. The molecule has 0 aliphatic heterocycles. The molecule has 0 saturated carbocycles. The van der Waals surface area contributed by atoms with Gasteiger partial charge in [-0.2, -0.15) is 9.97 Å². The van der Waals surface area contributed by atoms with Crippen molar-refractivity contribution < 1.29 is 9.47 Å². The summed E-state index contributed by atoms with van der Waals surface area (Å²) < 4.78 is 9.97. The van der Waals surface area contributed by atoms with Crippen molar-refractivity contribution in [2.24, 2.45) is 0 Å². The smallest absolute Gasteiger partial charge is 0.323 e. The van der Waals surface area contributed by atoms with E-state index in [9.17, 15) is 0 Å². The molecule has 0 bridgehead atoms. The molecule has 0 aromatic carbocycles. The van der Waals surface area contributed by atoms with Crippen LogP contribution < -0.4 is 9.47 Å². The van der Waals surface area contributed by atoms with Gasteiger partial charge < -0.3 is 9.47 Å². The second-order valence-electron chi connectivity index (χ2n) is 2.30. The van der Waals surface area contributed by atoms with Gasteiger partial charge in [0.25, 0.3) is 0 Å². The van der Waals surface area contributed by atoms with Crippen LogP contribution in [0.15, 0.2) is 12.7 Å². The summed E-state index contributed by atoms with van der Waals surface area (Å²) in [6.07, 6.45) is 2.45. The van der Waals surface area contributed by atoms with Crippen LogP contribution in [0, 0.1) is 0 Å². The van der Waals surface area contributed by atoms with Gasteiger partial charge in [0.1, 0.15) is 0 Å². The Hall–Kier alpha value is -1.36. The van der Waals surface area contributed by atoms with E-state index in [0.29, 0.717) is 13.0 Å². The first-order valence-corrected chi connectivity index (χ1v) is 4.33. The van der Waals surface area contributed by atoms with E-state index in [2.05, 4.69) is 21.5 Å². The number of hydrogen-bond acceptors (Lipinski definition) is 5. The summed E-state index contributed by atoms with van der Waals surface area (Å²) in [5.74, 6) is 0. The maximum atomic E-state index is 5.60. The molecule has 14 heavy (non-hydrogen) atoms. The Bertz CT molecular complexity index is 319. The number of ether oxygens (including phenoxy) is 2. The van der Waals surface area contributed by atoms with E-state index in [1.165, 1.54) is 7.11 Å². The molecule has 0 spiro atoms. The van der Waals surface area contributed by atoms with Crippen molar-refractivity contribution in [2.45, 2.75) is 6.42 Å². The minimum atomic E-state index is 0.0467. The van der Waals surface area contributed by atoms with Crippen LogP contribution >= 0.6 is 11.6 Å². The number of rotatable bonds is 5. The zero-order valence-electron chi connectivity index (χ0n) is 7.73. The Balaban J connectivity index is 2.66. The molecule has 0 aliphatic rings. The third-order valence-electron chi connectivity index (χ3n) is 1.30. The molecule has 1 aromatic heterocycles. The summed E-state index contributed by atoms with van der Waals surface area (Å²) in [7, 11) is 1.44. The van der Waals surface area contributed by atoms with Gasteiger partial charge >= 0.3 is 12.0 Å². The van der Waals surface area contributed by atoms with Crippen LogP contribution in [0.4, 0.5) is 0 Å². The predicted molar refractivity (Wildman–Crippen MR) is 51.7 cm³/mol. The molecule has 1 heterocycles. The van der Waals surface area contributed by atoms with Crippen LogP contribution in [-0.4, -0.2) is 28.7 Å². The first-order valence-electron chi connectivity index (χ1n) is 3.95. The number of nitrogens with zero attached hydrogens (tertiary/aromatic N) is 3. The average molecular weight is 216 g/mol. The number of halogens is 1. The maximum absolute atomic E-state index is 5.60.